The first-order valence-electron chi connectivity index (χ1n) is 4.76. The van der Waals surface area contributed by atoms with Gasteiger partial charge in [-0.3, -0.25) is 0 Å². The quantitative estimate of drug-likeness (QED) is 0.534. The first kappa shape index (κ1) is 8.54. The molecule has 1 heterocycles. The van der Waals surface area contributed by atoms with Gasteiger partial charge in [0.25, 0.3) is 0 Å². The van der Waals surface area contributed by atoms with Gasteiger partial charge in [-0.25, -0.2) is 9.13 Å². The lowest BCUT2D eigenvalue weighted by atomic mass is 10.0. The molecule has 70 valence electrons. The van der Waals surface area contributed by atoms with Crippen molar-refractivity contribution < 1.29 is 4.57 Å². The molecule has 1 atom stereocenters. The number of aromatic nitrogens is 2. The van der Waals surface area contributed by atoms with Gasteiger partial charge in [0.15, 0.2) is 11.4 Å². The van der Waals surface area contributed by atoms with Crippen LogP contribution in [0.4, 0.5) is 0 Å². The molecular weight excluding hydrogens is 160 g/mol. The second-order valence-electron chi connectivity index (χ2n) is 4.10. The lowest BCUT2D eigenvalue weighted by molar-refractivity contribution is -0.673. The van der Waals surface area contributed by atoms with Crippen LogP contribution in [0.2, 0.25) is 0 Å². The summed E-state index contributed by atoms with van der Waals surface area (Å²) in [6.45, 7) is 6.74. The Morgan fingerprint density at radius 3 is 2.54 bits per heavy atom. The van der Waals surface area contributed by atoms with Crippen LogP contribution in [0.3, 0.4) is 0 Å². The number of aryl methyl sites for hydroxylation is 2. The highest BCUT2D eigenvalue weighted by Crippen LogP contribution is 2.38. The predicted molar refractivity (Wildman–Crippen MR) is 53.3 cm³/mol. The molecule has 0 aliphatic heterocycles. The predicted octanol–water partition coefficient (Wildman–Crippen LogP) is 1.76. The van der Waals surface area contributed by atoms with Gasteiger partial charge in [0.2, 0.25) is 6.33 Å². The monoisotopic (exact) mass is 177 g/mol. The van der Waals surface area contributed by atoms with Crippen LogP contribution in [0.1, 0.15) is 38.1 Å². The molecule has 0 spiro atoms. The van der Waals surface area contributed by atoms with Crippen LogP contribution in [0, 0.1) is 0 Å². The third kappa shape index (κ3) is 0.916. The summed E-state index contributed by atoms with van der Waals surface area (Å²) in [5.74, 6) is 0.584. The average molecular weight is 177 g/mol. The van der Waals surface area contributed by atoms with Crippen molar-refractivity contribution in [2.75, 3.05) is 0 Å². The van der Waals surface area contributed by atoms with Gasteiger partial charge < -0.3 is 0 Å². The van der Waals surface area contributed by atoms with E-state index in [1.807, 2.05) is 0 Å². The first-order valence-corrected chi connectivity index (χ1v) is 4.76. The van der Waals surface area contributed by atoms with E-state index in [4.69, 9.17) is 0 Å². The van der Waals surface area contributed by atoms with E-state index in [-0.39, 0.29) is 0 Å². The minimum Gasteiger partial charge on any atom is -0.236 e. The molecule has 0 bridgehead atoms. The molecule has 1 aromatic rings. The second kappa shape index (κ2) is 2.47. The molecular formula is C11H17N2+. The van der Waals surface area contributed by atoms with Gasteiger partial charge in [-0.05, 0) is 19.4 Å². The van der Waals surface area contributed by atoms with Crippen LogP contribution in [0.25, 0.3) is 5.57 Å². The molecule has 1 aromatic heterocycles. The summed E-state index contributed by atoms with van der Waals surface area (Å²) in [5.41, 5.74) is 5.83. The van der Waals surface area contributed by atoms with Gasteiger partial charge >= 0.3 is 0 Å². The highest BCUT2D eigenvalue weighted by atomic mass is 15.1. The largest absolute Gasteiger partial charge is 0.244 e. The molecule has 0 saturated heterocycles. The number of imidazole rings is 1. The van der Waals surface area contributed by atoms with Crippen LogP contribution >= 0.6 is 0 Å². The fourth-order valence-corrected chi connectivity index (χ4v) is 2.41. The zero-order valence-corrected chi connectivity index (χ0v) is 9.05. The van der Waals surface area contributed by atoms with Gasteiger partial charge in [0.05, 0.1) is 14.1 Å². The van der Waals surface area contributed by atoms with E-state index in [0.29, 0.717) is 5.92 Å². The molecule has 0 amide bonds. The van der Waals surface area contributed by atoms with Crippen molar-refractivity contribution in [3.63, 3.8) is 0 Å². The van der Waals surface area contributed by atoms with Crippen LogP contribution in [0.15, 0.2) is 11.9 Å². The lowest BCUT2D eigenvalue weighted by Gasteiger charge is -2.02. The van der Waals surface area contributed by atoms with Gasteiger partial charge in [-0.1, -0.05) is 12.5 Å². The van der Waals surface area contributed by atoms with E-state index in [1.165, 1.54) is 22.5 Å². The molecule has 2 heteroatoms. The van der Waals surface area contributed by atoms with E-state index in [9.17, 15) is 0 Å². The summed E-state index contributed by atoms with van der Waals surface area (Å²) in [6, 6.07) is 0. The molecule has 2 rings (SSSR count). The van der Waals surface area contributed by atoms with Crippen LogP contribution in [0.5, 0.6) is 0 Å². The SMILES string of the molecule is CC1=C(C)C(C)c2c1[n+](C)cn2C. The number of hydrogen-bond acceptors (Lipinski definition) is 0. The molecule has 2 nitrogen and oxygen atoms in total. The van der Waals surface area contributed by atoms with Crippen molar-refractivity contribution >= 4 is 5.57 Å². The summed E-state index contributed by atoms with van der Waals surface area (Å²) in [5, 5.41) is 0. The minimum absolute atomic E-state index is 0.584. The van der Waals surface area contributed by atoms with Crippen molar-refractivity contribution in [1.82, 2.24) is 4.57 Å². The molecule has 0 N–H and O–H groups in total. The second-order valence-corrected chi connectivity index (χ2v) is 4.10. The van der Waals surface area contributed by atoms with Crippen molar-refractivity contribution in [3.8, 4) is 0 Å². The molecule has 0 aromatic carbocycles. The Hall–Kier alpha value is -1.05. The standard InChI is InChI=1S/C11H17N2/c1-7-8(2)10-11(9(7)3)13(5)6-12(10)4/h6,8H,1-5H3/q+1. The minimum atomic E-state index is 0.584. The Kier molecular flexibility index (Phi) is 1.62. The maximum Gasteiger partial charge on any atom is 0.244 e. The van der Waals surface area contributed by atoms with Gasteiger partial charge in [0, 0.05) is 5.92 Å². The van der Waals surface area contributed by atoms with Crippen molar-refractivity contribution in [2.24, 2.45) is 14.1 Å². The molecule has 1 aliphatic carbocycles. The highest BCUT2D eigenvalue weighted by molar-refractivity contribution is 5.71. The third-order valence-electron chi connectivity index (χ3n) is 3.33. The molecule has 0 saturated carbocycles. The number of hydrogen-bond donors (Lipinski definition) is 0. The maximum atomic E-state index is 2.28. The average Bonchev–Trinajstić information content (AvgIpc) is 2.47. The molecule has 0 radical (unpaired) electrons. The fraction of sp³-hybridized carbons (Fsp3) is 0.545. The van der Waals surface area contributed by atoms with Crippen molar-refractivity contribution in [1.29, 1.82) is 0 Å². The zero-order valence-electron chi connectivity index (χ0n) is 9.05. The van der Waals surface area contributed by atoms with Crippen molar-refractivity contribution in [3.05, 3.63) is 23.3 Å². The Labute approximate surface area is 79.5 Å². The number of allylic oxidation sites excluding steroid dienone is 2. The van der Waals surface area contributed by atoms with Crippen LogP contribution < -0.4 is 4.57 Å². The van der Waals surface area contributed by atoms with E-state index in [1.54, 1.807) is 0 Å². The number of nitrogens with zero attached hydrogens (tertiary/aromatic N) is 2. The molecule has 13 heavy (non-hydrogen) atoms. The molecule has 0 fully saturated rings. The summed E-state index contributed by atoms with van der Waals surface area (Å²) in [6.07, 6.45) is 2.15. The third-order valence-corrected chi connectivity index (χ3v) is 3.33. The lowest BCUT2D eigenvalue weighted by Crippen LogP contribution is -2.29. The van der Waals surface area contributed by atoms with Gasteiger partial charge in [-0.2, -0.15) is 0 Å². The summed E-state index contributed by atoms with van der Waals surface area (Å²) >= 11 is 0. The topological polar surface area (TPSA) is 8.81 Å². The Bertz CT molecular complexity index is 396. The van der Waals surface area contributed by atoms with E-state index >= 15 is 0 Å². The first-order chi connectivity index (χ1) is 6.04. The Morgan fingerprint density at radius 1 is 1.38 bits per heavy atom. The normalized spacial score (nSPS) is 21.2. The van der Waals surface area contributed by atoms with Crippen molar-refractivity contribution in [2.45, 2.75) is 26.7 Å². The highest BCUT2D eigenvalue weighted by Gasteiger charge is 2.33. The number of fused-ring (bicyclic) bond motifs is 1. The fourth-order valence-electron chi connectivity index (χ4n) is 2.41. The molecule has 1 unspecified atom stereocenters. The molecule has 1 aliphatic rings. The van der Waals surface area contributed by atoms with E-state index in [2.05, 4.69) is 50.3 Å². The van der Waals surface area contributed by atoms with E-state index in [0.717, 1.165) is 0 Å². The van der Waals surface area contributed by atoms with Gasteiger partial charge in [0.1, 0.15) is 0 Å². The van der Waals surface area contributed by atoms with Gasteiger partial charge in [-0.15, -0.1) is 0 Å². The summed E-state index contributed by atoms with van der Waals surface area (Å²) in [7, 11) is 4.24. The summed E-state index contributed by atoms with van der Waals surface area (Å²) < 4.78 is 4.46. The zero-order chi connectivity index (χ0) is 9.75. The van der Waals surface area contributed by atoms with E-state index < -0.39 is 0 Å². The smallest absolute Gasteiger partial charge is 0.236 e. The van der Waals surface area contributed by atoms with Crippen LogP contribution in [-0.4, -0.2) is 4.57 Å². The number of rotatable bonds is 0. The van der Waals surface area contributed by atoms with Crippen LogP contribution in [-0.2, 0) is 14.1 Å². The Morgan fingerprint density at radius 2 is 2.00 bits per heavy atom. The maximum absolute atomic E-state index is 2.28. The summed E-state index contributed by atoms with van der Waals surface area (Å²) in [4.78, 5) is 0. The Balaban J connectivity index is 2.73.